The second-order valence-corrected chi connectivity index (χ2v) is 8.82. The number of anilines is 1. The number of nitrogens with one attached hydrogen (secondary N) is 1. The Hall–Kier alpha value is -1.51. The monoisotopic (exact) mass is 352 g/mol. The molecule has 0 radical (unpaired) electrons. The van der Waals surface area contributed by atoms with Gasteiger partial charge in [-0.15, -0.1) is 11.3 Å². The van der Waals surface area contributed by atoms with Crippen LogP contribution in [0.2, 0.25) is 0 Å². The number of aromatic nitrogens is 2. The van der Waals surface area contributed by atoms with E-state index in [2.05, 4.69) is 15.3 Å². The van der Waals surface area contributed by atoms with E-state index in [1.165, 1.54) is 17.7 Å². The lowest BCUT2D eigenvalue weighted by molar-refractivity contribution is 0.330. The molecule has 1 fully saturated rings. The molecule has 0 atom stereocenters. The van der Waals surface area contributed by atoms with Crippen molar-refractivity contribution in [2.75, 3.05) is 18.4 Å². The Morgan fingerprint density at radius 1 is 1.30 bits per heavy atom. The van der Waals surface area contributed by atoms with Crippen LogP contribution in [0, 0.1) is 0 Å². The number of sulfonamides is 1. The molecule has 0 aromatic carbocycles. The first-order valence-corrected chi connectivity index (χ1v) is 9.96. The van der Waals surface area contributed by atoms with Gasteiger partial charge in [-0.2, -0.15) is 4.31 Å². The van der Waals surface area contributed by atoms with Crippen LogP contribution in [0.1, 0.15) is 24.6 Å². The number of thiophene rings is 1. The van der Waals surface area contributed by atoms with E-state index in [0.717, 1.165) is 30.0 Å². The molecule has 2 aromatic heterocycles. The molecule has 23 heavy (non-hydrogen) atoms. The Morgan fingerprint density at radius 3 is 2.70 bits per heavy atom. The molecule has 0 bridgehead atoms. The van der Waals surface area contributed by atoms with Crippen molar-refractivity contribution in [1.82, 2.24) is 14.3 Å². The molecule has 0 aliphatic carbocycles. The summed E-state index contributed by atoms with van der Waals surface area (Å²) in [6, 6.07) is 5.69. The normalized spacial score (nSPS) is 17.3. The van der Waals surface area contributed by atoms with Crippen molar-refractivity contribution >= 4 is 27.2 Å². The maximum absolute atomic E-state index is 12.7. The van der Waals surface area contributed by atoms with Crippen molar-refractivity contribution in [3.05, 3.63) is 35.6 Å². The average Bonchev–Trinajstić information content (AvgIpc) is 3.06. The summed E-state index contributed by atoms with van der Waals surface area (Å²) < 4.78 is 27.4. The van der Waals surface area contributed by atoms with E-state index in [1.54, 1.807) is 16.6 Å². The van der Waals surface area contributed by atoms with Crippen LogP contribution in [0.25, 0.3) is 0 Å². The molecule has 3 rings (SSSR count). The molecule has 8 heteroatoms. The maximum atomic E-state index is 12.7. The van der Waals surface area contributed by atoms with E-state index in [1.807, 2.05) is 19.1 Å². The third kappa shape index (κ3) is 3.70. The Kier molecular flexibility index (Phi) is 4.93. The third-order valence-electron chi connectivity index (χ3n) is 3.97. The van der Waals surface area contributed by atoms with Crippen LogP contribution in [0.4, 0.5) is 5.82 Å². The fraction of sp³-hybridized carbons (Fsp3) is 0.467. The largest absolute Gasteiger partial charge is 0.367 e. The second kappa shape index (κ2) is 6.94. The zero-order chi connectivity index (χ0) is 16.3. The van der Waals surface area contributed by atoms with E-state index in [4.69, 9.17) is 0 Å². The van der Waals surface area contributed by atoms with E-state index < -0.39 is 10.0 Å². The summed E-state index contributed by atoms with van der Waals surface area (Å²) in [6.45, 7) is 3.10. The Morgan fingerprint density at radius 2 is 2.09 bits per heavy atom. The molecule has 124 valence electrons. The van der Waals surface area contributed by atoms with E-state index >= 15 is 0 Å². The predicted octanol–water partition coefficient (Wildman–Crippen LogP) is 2.37. The first-order valence-electron chi connectivity index (χ1n) is 7.71. The summed E-state index contributed by atoms with van der Waals surface area (Å²) >= 11 is 1.37. The number of nitrogens with zero attached hydrogens (tertiary/aromatic N) is 3. The molecule has 0 saturated carbocycles. The van der Waals surface area contributed by atoms with Gasteiger partial charge in [0, 0.05) is 30.2 Å². The van der Waals surface area contributed by atoms with Crippen LogP contribution < -0.4 is 5.32 Å². The van der Waals surface area contributed by atoms with Gasteiger partial charge in [-0.3, -0.25) is 0 Å². The first-order chi connectivity index (χ1) is 11.1. The van der Waals surface area contributed by atoms with Gasteiger partial charge >= 0.3 is 0 Å². The van der Waals surface area contributed by atoms with Crippen molar-refractivity contribution < 1.29 is 8.42 Å². The smallest absolute Gasteiger partial charge is 0.252 e. The Balaban J connectivity index is 1.62. The van der Waals surface area contributed by atoms with Crippen LogP contribution >= 0.6 is 11.3 Å². The van der Waals surface area contributed by atoms with E-state index in [0.29, 0.717) is 17.3 Å². The number of rotatable bonds is 5. The van der Waals surface area contributed by atoms with Crippen LogP contribution in [-0.4, -0.2) is 41.8 Å². The van der Waals surface area contributed by atoms with Crippen molar-refractivity contribution in [2.24, 2.45) is 0 Å². The molecule has 6 nitrogen and oxygen atoms in total. The second-order valence-electron chi connectivity index (χ2n) is 5.49. The highest BCUT2D eigenvalue weighted by molar-refractivity contribution is 7.91. The number of hydrogen-bond donors (Lipinski definition) is 1. The molecule has 1 aliphatic heterocycles. The highest BCUT2D eigenvalue weighted by Crippen LogP contribution is 2.27. The van der Waals surface area contributed by atoms with Gasteiger partial charge in [-0.05, 0) is 37.5 Å². The van der Waals surface area contributed by atoms with E-state index in [9.17, 15) is 8.42 Å². The number of aryl methyl sites for hydroxylation is 1. The van der Waals surface area contributed by atoms with Crippen LogP contribution in [0.15, 0.2) is 34.9 Å². The molecule has 0 unspecified atom stereocenters. The molecule has 0 spiro atoms. The number of hydrogen-bond acceptors (Lipinski definition) is 6. The van der Waals surface area contributed by atoms with Gasteiger partial charge in [0.1, 0.15) is 16.4 Å². The fourth-order valence-corrected chi connectivity index (χ4v) is 5.56. The zero-order valence-corrected chi connectivity index (χ0v) is 14.6. The topological polar surface area (TPSA) is 75.2 Å². The third-order valence-corrected chi connectivity index (χ3v) is 7.56. The lowest BCUT2D eigenvalue weighted by atomic mass is 10.1. The molecule has 1 N–H and O–H groups in total. The predicted molar refractivity (Wildman–Crippen MR) is 91.1 cm³/mol. The van der Waals surface area contributed by atoms with Gasteiger partial charge in [0.15, 0.2) is 0 Å². The molecular weight excluding hydrogens is 332 g/mol. The van der Waals surface area contributed by atoms with Crippen molar-refractivity contribution in [2.45, 2.75) is 36.4 Å². The van der Waals surface area contributed by atoms with E-state index in [-0.39, 0.29) is 6.04 Å². The highest BCUT2D eigenvalue weighted by Gasteiger charge is 2.30. The van der Waals surface area contributed by atoms with Gasteiger partial charge in [-0.25, -0.2) is 18.4 Å². The summed E-state index contributed by atoms with van der Waals surface area (Å²) in [6.07, 6.45) is 5.61. The number of piperidine rings is 1. The molecule has 0 amide bonds. The minimum atomic E-state index is -3.35. The molecule has 3 heterocycles. The van der Waals surface area contributed by atoms with Gasteiger partial charge < -0.3 is 5.32 Å². The van der Waals surface area contributed by atoms with Gasteiger partial charge in [0.2, 0.25) is 0 Å². The summed E-state index contributed by atoms with van der Waals surface area (Å²) in [7, 11) is -3.35. The van der Waals surface area contributed by atoms with Gasteiger partial charge in [-0.1, -0.05) is 6.92 Å². The lowest BCUT2D eigenvalue weighted by Crippen LogP contribution is -2.42. The fourth-order valence-electron chi connectivity index (χ4n) is 2.64. The minimum Gasteiger partial charge on any atom is -0.367 e. The van der Waals surface area contributed by atoms with Crippen molar-refractivity contribution in [3.63, 3.8) is 0 Å². The maximum Gasteiger partial charge on any atom is 0.252 e. The molecule has 1 saturated heterocycles. The average molecular weight is 352 g/mol. The van der Waals surface area contributed by atoms with Crippen LogP contribution in [0.5, 0.6) is 0 Å². The minimum absolute atomic E-state index is 0.242. The summed E-state index contributed by atoms with van der Waals surface area (Å²) in [5, 5.41) is 3.34. The van der Waals surface area contributed by atoms with Crippen LogP contribution in [-0.2, 0) is 16.4 Å². The zero-order valence-electron chi connectivity index (χ0n) is 13.0. The summed E-state index contributed by atoms with van der Waals surface area (Å²) in [4.78, 5) is 9.14. The standard InChI is InChI=1S/C15H20N4O2S2/c1-2-13-3-4-15(22-13)23(20,21)19-9-6-12(7-10-19)18-14-5-8-16-11-17-14/h3-5,8,11-12H,2,6-7,9-10H2,1H3,(H,16,17,18). The summed E-state index contributed by atoms with van der Waals surface area (Å²) in [5.74, 6) is 0.784. The molecule has 1 aliphatic rings. The first kappa shape index (κ1) is 16.4. The Bertz CT molecular complexity index is 738. The Labute approximate surface area is 140 Å². The van der Waals surface area contributed by atoms with Gasteiger partial charge in [0.25, 0.3) is 10.0 Å². The summed E-state index contributed by atoms with van der Waals surface area (Å²) in [5.41, 5.74) is 0. The quantitative estimate of drug-likeness (QED) is 0.894. The SMILES string of the molecule is CCc1ccc(S(=O)(=O)N2CCC(Nc3ccncn3)CC2)s1. The molecular formula is C15H20N4O2S2. The van der Waals surface area contributed by atoms with Gasteiger partial charge in [0.05, 0.1) is 0 Å². The van der Waals surface area contributed by atoms with Crippen LogP contribution in [0.3, 0.4) is 0 Å². The molecule has 2 aromatic rings. The highest BCUT2D eigenvalue weighted by atomic mass is 32.2. The lowest BCUT2D eigenvalue weighted by Gasteiger charge is -2.31. The van der Waals surface area contributed by atoms with Crippen molar-refractivity contribution in [3.8, 4) is 0 Å². The van der Waals surface area contributed by atoms with Crippen molar-refractivity contribution in [1.29, 1.82) is 0 Å².